The Kier molecular flexibility index (Phi) is 4.08. The molecule has 0 aromatic heterocycles. The average molecular weight is 238 g/mol. The monoisotopic (exact) mass is 238 g/mol. The molecule has 2 aliphatic carbocycles. The van der Waals surface area contributed by atoms with E-state index in [1.165, 1.54) is 44.9 Å². The molecule has 0 bridgehead atoms. The Balaban J connectivity index is 1.78. The molecule has 0 aromatic rings. The first-order valence-corrected chi connectivity index (χ1v) is 7.19. The molecule has 3 nitrogen and oxygen atoms in total. The lowest BCUT2D eigenvalue weighted by atomic mass is 9.83. The number of likely N-dealkylation sites (N-methyl/N-ethyl adjacent to an activating group) is 1. The molecule has 0 aromatic carbocycles. The maximum absolute atomic E-state index is 12.1. The second-order valence-corrected chi connectivity index (χ2v) is 5.89. The molecule has 0 aliphatic heterocycles. The molecule has 0 spiro atoms. The summed E-state index contributed by atoms with van der Waals surface area (Å²) in [6.07, 6.45) is 8.81. The minimum Gasteiger partial charge on any atom is -0.339 e. The van der Waals surface area contributed by atoms with E-state index in [1.54, 1.807) is 0 Å². The average Bonchev–Trinajstić information content (AvgIpc) is 3.13. The minimum atomic E-state index is 0.205. The van der Waals surface area contributed by atoms with Crippen LogP contribution in [0.3, 0.4) is 0 Å². The highest BCUT2D eigenvalue weighted by atomic mass is 16.2. The summed E-state index contributed by atoms with van der Waals surface area (Å²) in [4.78, 5) is 14.1. The van der Waals surface area contributed by atoms with Gasteiger partial charge in [-0.1, -0.05) is 19.3 Å². The zero-order valence-electron chi connectivity index (χ0n) is 11.3. The quantitative estimate of drug-likeness (QED) is 0.797. The first kappa shape index (κ1) is 12.9. The molecule has 98 valence electrons. The van der Waals surface area contributed by atoms with Gasteiger partial charge in [-0.25, -0.2) is 0 Å². The Bertz CT molecular complexity index is 267. The van der Waals surface area contributed by atoms with Crippen LogP contribution in [0.2, 0.25) is 0 Å². The van der Waals surface area contributed by atoms with E-state index in [4.69, 9.17) is 0 Å². The number of carbonyl (C=O) groups excluding carboxylic acids is 1. The first-order chi connectivity index (χ1) is 8.14. The van der Waals surface area contributed by atoms with Crippen molar-refractivity contribution in [2.24, 2.45) is 0 Å². The van der Waals surface area contributed by atoms with Gasteiger partial charge >= 0.3 is 0 Å². The largest absolute Gasteiger partial charge is 0.339 e. The third-order valence-corrected chi connectivity index (χ3v) is 4.27. The number of hydrogen-bond donors (Lipinski definition) is 1. The van der Waals surface area contributed by atoms with Gasteiger partial charge in [0.15, 0.2) is 0 Å². The third kappa shape index (κ3) is 3.44. The molecule has 17 heavy (non-hydrogen) atoms. The number of amides is 1. The molecule has 2 aliphatic rings. The van der Waals surface area contributed by atoms with E-state index in [1.807, 2.05) is 4.90 Å². The van der Waals surface area contributed by atoms with E-state index >= 15 is 0 Å². The maximum Gasteiger partial charge on any atom is 0.236 e. The van der Waals surface area contributed by atoms with E-state index in [-0.39, 0.29) is 5.54 Å². The summed E-state index contributed by atoms with van der Waals surface area (Å²) in [6, 6.07) is 0.550. The van der Waals surface area contributed by atoms with E-state index in [0.29, 0.717) is 18.5 Å². The van der Waals surface area contributed by atoms with Crippen molar-refractivity contribution < 1.29 is 4.79 Å². The number of nitrogens with one attached hydrogen (secondary N) is 1. The van der Waals surface area contributed by atoms with Crippen LogP contribution >= 0.6 is 0 Å². The van der Waals surface area contributed by atoms with Gasteiger partial charge in [-0.3, -0.25) is 4.79 Å². The highest BCUT2D eigenvalue weighted by Crippen LogP contribution is 2.28. The van der Waals surface area contributed by atoms with Gasteiger partial charge in [0.1, 0.15) is 0 Å². The van der Waals surface area contributed by atoms with E-state index in [2.05, 4.69) is 19.2 Å². The van der Waals surface area contributed by atoms with Crippen molar-refractivity contribution >= 4 is 5.91 Å². The topological polar surface area (TPSA) is 32.3 Å². The third-order valence-electron chi connectivity index (χ3n) is 4.27. The van der Waals surface area contributed by atoms with Crippen molar-refractivity contribution in [1.82, 2.24) is 10.2 Å². The lowest BCUT2D eigenvalue weighted by Crippen LogP contribution is -2.49. The molecule has 0 atom stereocenters. The summed E-state index contributed by atoms with van der Waals surface area (Å²) < 4.78 is 0. The SMILES string of the molecule is CCN(C(=O)CNC1(C)CCCCC1)C1CC1. The van der Waals surface area contributed by atoms with Gasteiger partial charge < -0.3 is 10.2 Å². The van der Waals surface area contributed by atoms with Crippen LogP contribution in [0.4, 0.5) is 0 Å². The molecule has 0 saturated heterocycles. The fourth-order valence-corrected chi connectivity index (χ4v) is 2.92. The van der Waals surface area contributed by atoms with Crippen LogP contribution < -0.4 is 5.32 Å². The number of nitrogens with zero attached hydrogens (tertiary/aromatic N) is 1. The van der Waals surface area contributed by atoms with Gasteiger partial charge in [-0.15, -0.1) is 0 Å². The zero-order chi connectivity index (χ0) is 12.3. The molecule has 0 heterocycles. The minimum absolute atomic E-state index is 0.205. The Morgan fingerprint density at radius 3 is 2.47 bits per heavy atom. The van der Waals surface area contributed by atoms with Crippen molar-refractivity contribution in [1.29, 1.82) is 0 Å². The van der Waals surface area contributed by atoms with Gasteiger partial charge in [0, 0.05) is 18.1 Å². The Morgan fingerprint density at radius 2 is 1.94 bits per heavy atom. The summed E-state index contributed by atoms with van der Waals surface area (Å²) in [5.41, 5.74) is 0.205. The molecule has 3 heteroatoms. The second-order valence-electron chi connectivity index (χ2n) is 5.89. The molecule has 2 fully saturated rings. The highest BCUT2D eigenvalue weighted by Gasteiger charge is 2.32. The summed E-state index contributed by atoms with van der Waals surface area (Å²) in [7, 11) is 0. The van der Waals surface area contributed by atoms with Crippen LogP contribution in [0, 0.1) is 0 Å². The van der Waals surface area contributed by atoms with E-state index < -0.39 is 0 Å². The Morgan fingerprint density at radius 1 is 1.29 bits per heavy atom. The fourth-order valence-electron chi connectivity index (χ4n) is 2.92. The van der Waals surface area contributed by atoms with Crippen molar-refractivity contribution in [2.45, 2.75) is 70.4 Å². The Labute approximate surface area is 105 Å². The van der Waals surface area contributed by atoms with Crippen LogP contribution in [-0.4, -0.2) is 35.5 Å². The zero-order valence-corrected chi connectivity index (χ0v) is 11.3. The van der Waals surface area contributed by atoms with E-state index in [9.17, 15) is 4.79 Å². The van der Waals surface area contributed by atoms with Crippen LogP contribution in [0.15, 0.2) is 0 Å². The molecule has 2 rings (SSSR count). The van der Waals surface area contributed by atoms with Crippen LogP contribution in [0.5, 0.6) is 0 Å². The lowest BCUT2D eigenvalue weighted by molar-refractivity contribution is -0.131. The highest BCUT2D eigenvalue weighted by molar-refractivity contribution is 5.79. The normalized spacial score (nSPS) is 23.4. The number of rotatable bonds is 5. The predicted molar refractivity (Wildman–Crippen MR) is 69.9 cm³/mol. The van der Waals surface area contributed by atoms with Gasteiger partial charge in [0.05, 0.1) is 6.54 Å². The smallest absolute Gasteiger partial charge is 0.236 e. The molecule has 2 saturated carbocycles. The maximum atomic E-state index is 12.1. The van der Waals surface area contributed by atoms with Gasteiger partial charge in [-0.05, 0) is 39.5 Å². The number of carbonyl (C=O) groups is 1. The van der Waals surface area contributed by atoms with Crippen molar-refractivity contribution in [2.75, 3.05) is 13.1 Å². The fraction of sp³-hybridized carbons (Fsp3) is 0.929. The summed E-state index contributed by atoms with van der Waals surface area (Å²) in [5, 5.41) is 3.50. The molecule has 0 unspecified atom stereocenters. The van der Waals surface area contributed by atoms with Crippen LogP contribution in [0.25, 0.3) is 0 Å². The molecule has 1 N–H and O–H groups in total. The summed E-state index contributed by atoms with van der Waals surface area (Å²) >= 11 is 0. The summed E-state index contributed by atoms with van der Waals surface area (Å²) in [6.45, 7) is 5.74. The van der Waals surface area contributed by atoms with E-state index in [0.717, 1.165) is 6.54 Å². The van der Waals surface area contributed by atoms with Crippen molar-refractivity contribution in [3.8, 4) is 0 Å². The van der Waals surface area contributed by atoms with Crippen molar-refractivity contribution in [3.05, 3.63) is 0 Å². The first-order valence-electron chi connectivity index (χ1n) is 7.19. The molecule has 1 amide bonds. The second kappa shape index (κ2) is 5.38. The van der Waals surface area contributed by atoms with Crippen LogP contribution in [-0.2, 0) is 4.79 Å². The molecular weight excluding hydrogens is 212 g/mol. The standard InChI is InChI=1S/C14H26N2O/c1-3-16(12-7-8-12)13(17)11-15-14(2)9-5-4-6-10-14/h12,15H,3-11H2,1-2H3. The Hall–Kier alpha value is -0.570. The van der Waals surface area contributed by atoms with Crippen LogP contribution in [0.1, 0.15) is 58.8 Å². The molecule has 0 radical (unpaired) electrons. The van der Waals surface area contributed by atoms with Gasteiger partial charge in [0.2, 0.25) is 5.91 Å². The van der Waals surface area contributed by atoms with Gasteiger partial charge in [-0.2, -0.15) is 0 Å². The van der Waals surface area contributed by atoms with Gasteiger partial charge in [0.25, 0.3) is 0 Å². The lowest BCUT2D eigenvalue weighted by Gasteiger charge is -2.35. The van der Waals surface area contributed by atoms with Crippen molar-refractivity contribution in [3.63, 3.8) is 0 Å². The summed E-state index contributed by atoms with van der Waals surface area (Å²) in [5.74, 6) is 0.293. The molecular formula is C14H26N2O. The predicted octanol–water partition coefficient (Wildman–Crippen LogP) is 2.31. The number of hydrogen-bond acceptors (Lipinski definition) is 2.